The second kappa shape index (κ2) is 8.95. The summed E-state index contributed by atoms with van der Waals surface area (Å²) >= 11 is 1.56. The van der Waals surface area contributed by atoms with Crippen molar-refractivity contribution < 1.29 is 13.2 Å². The summed E-state index contributed by atoms with van der Waals surface area (Å²) in [7, 11) is 0. The van der Waals surface area contributed by atoms with E-state index in [-0.39, 0.29) is 0 Å². The summed E-state index contributed by atoms with van der Waals surface area (Å²) in [6.45, 7) is 5.95. The number of nitrogens with zero attached hydrogens (tertiary/aromatic N) is 3. The van der Waals surface area contributed by atoms with E-state index in [4.69, 9.17) is 0 Å². The first-order valence-electron chi connectivity index (χ1n) is 13.6. The van der Waals surface area contributed by atoms with Crippen LogP contribution in [0.3, 0.4) is 0 Å². The molecule has 2 aromatic rings. The topological polar surface area (TPSA) is 9.72 Å². The largest absolute Gasteiger partial charge is 0.416 e. The number of para-hydroxylation sites is 1. The molecule has 192 valence electrons. The Morgan fingerprint density at radius 2 is 1.42 bits per heavy atom. The summed E-state index contributed by atoms with van der Waals surface area (Å²) in [4.78, 5) is 9.44. The van der Waals surface area contributed by atoms with E-state index < -0.39 is 11.7 Å². The molecule has 3 nitrogen and oxygen atoms in total. The summed E-state index contributed by atoms with van der Waals surface area (Å²) in [5.41, 5.74) is 1.12. The van der Waals surface area contributed by atoms with Crippen LogP contribution in [-0.2, 0) is 6.18 Å². The van der Waals surface area contributed by atoms with Crippen LogP contribution in [0, 0.1) is 23.7 Å². The van der Waals surface area contributed by atoms with Gasteiger partial charge in [0.2, 0.25) is 0 Å². The van der Waals surface area contributed by atoms with Crippen LogP contribution in [-0.4, -0.2) is 55.1 Å². The molecule has 2 heterocycles. The number of benzene rings is 2. The molecule has 0 atom stereocenters. The minimum absolute atomic E-state index is 0.574. The third-order valence-electron chi connectivity index (χ3n) is 9.60. The van der Waals surface area contributed by atoms with Gasteiger partial charge >= 0.3 is 6.18 Å². The Kier molecular flexibility index (Phi) is 5.82. The molecule has 0 amide bonds. The Balaban J connectivity index is 1.04. The van der Waals surface area contributed by atoms with Crippen molar-refractivity contribution in [1.29, 1.82) is 0 Å². The number of hydrogen-bond acceptors (Lipinski definition) is 4. The number of rotatable bonds is 4. The van der Waals surface area contributed by atoms with Crippen molar-refractivity contribution in [2.45, 2.75) is 54.1 Å². The highest BCUT2D eigenvalue weighted by Crippen LogP contribution is 2.55. The number of alkyl halides is 3. The molecular formula is C29H34F3N3S. The Hall–Kier alpha value is -1.70. The van der Waals surface area contributed by atoms with E-state index in [0.717, 1.165) is 77.9 Å². The van der Waals surface area contributed by atoms with Gasteiger partial charge in [-0.25, -0.2) is 0 Å². The SMILES string of the molecule is FC(F)(F)c1ccc2c(c1)N(CCN1CCN(C3C4CC5CC(C4)CC3C5)CC1)c1ccccc1S2. The molecule has 4 bridgehead atoms. The minimum atomic E-state index is -4.34. The lowest BCUT2D eigenvalue weighted by Gasteiger charge is -2.58. The Morgan fingerprint density at radius 3 is 2.11 bits per heavy atom. The molecule has 6 aliphatic rings. The van der Waals surface area contributed by atoms with Crippen molar-refractivity contribution in [3.63, 3.8) is 0 Å². The lowest BCUT2D eigenvalue weighted by atomic mass is 9.54. The van der Waals surface area contributed by atoms with Crippen LogP contribution in [0.5, 0.6) is 0 Å². The van der Waals surface area contributed by atoms with Crippen molar-refractivity contribution in [3.8, 4) is 0 Å². The standard InChI is InChI=1S/C29H34F3N3S/c30-29(31,32)23-5-6-27-25(18-23)35(24-3-1-2-4-26(24)36-27)12-9-33-7-10-34(11-8-33)28-21-14-19-13-20(16-21)17-22(28)15-19/h1-6,18-22,28H,7-17H2. The summed E-state index contributed by atoms with van der Waals surface area (Å²) in [6.07, 6.45) is 3.01. The zero-order valence-corrected chi connectivity index (χ0v) is 21.4. The van der Waals surface area contributed by atoms with Crippen LogP contribution in [0.4, 0.5) is 24.5 Å². The number of anilines is 2. The molecule has 1 saturated heterocycles. The maximum atomic E-state index is 13.5. The molecular weight excluding hydrogens is 479 g/mol. The van der Waals surface area contributed by atoms with Crippen molar-refractivity contribution in [2.24, 2.45) is 23.7 Å². The molecule has 0 unspecified atom stereocenters. The molecule has 36 heavy (non-hydrogen) atoms. The summed E-state index contributed by atoms with van der Waals surface area (Å²) in [5, 5.41) is 0. The van der Waals surface area contributed by atoms with E-state index in [0.29, 0.717) is 12.2 Å². The third-order valence-corrected chi connectivity index (χ3v) is 10.7. The van der Waals surface area contributed by atoms with Gasteiger partial charge in [-0.2, -0.15) is 13.2 Å². The molecule has 2 aliphatic heterocycles. The molecule has 0 N–H and O–H groups in total. The second-order valence-electron chi connectivity index (χ2n) is 11.7. The van der Waals surface area contributed by atoms with Gasteiger partial charge in [-0.05, 0) is 86.1 Å². The fraction of sp³-hybridized carbons (Fsp3) is 0.586. The number of fused-ring (bicyclic) bond motifs is 2. The molecule has 7 heteroatoms. The van der Waals surface area contributed by atoms with Gasteiger partial charge in [0.25, 0.3) is 0 Å². The predicted molar refractivity (Wildman–Crippen MR) is 138 cm³/mol. The van der Waals surface area contributed by atoms with Crippen LogP contribution in [0.1, 0.15) is 37.7 Å². The molecule has 4 aliphatic carbocycles. The molecule has 4 saturated carbocycles. The van der Waals surface area contributed by atoms with Crippen LogP contribution in [0.15, 0.2) is 52.3 Å². The highest BCUT2D eigenvalue weighted by atomic mass is 32.2. The van der Waals surface area contributed by atoms with Crippen LogP contribution in [0.25, 0.3) is 0 Å². The maximum Gasteiger partial charge on any atom is 0.416 e. The molecule has 0 aromatic heterocycles. The molecule has 0 spiro atoms. The first-order chi connectivity index (χ1) is 17.4. The molecule has 8 rings (SSSR count). The maximum absolute atomic E-state index is 13.5. The molecule has 5 fully saturated rings. The quantitative estimate of drug-likeness (QED) is 0.447. The fourth-order valence-electron chi connectivity index (χ4n) is 8.27. The Labute approximate surface area is 216 Å². The summed E-state index contributed by atoms with van der Waals surface area (Å²) < 4.78 is 40.6. The number of hydrogen-bond donors (Lipinski definition) is 0. The van der Waals surface area contributed by atoms with Crippen molar-refractivity contribution in [1.82, 2.24) is 9.80 Å². The highest BCUT2D eigenvalue weighted by Gasteiger charge is 2.50. The first-order valence-corrected chi connectivity index (χ1v) is 14.5. The summed E-state index contributed by atoms with van der Waals surface area (Å²) in [5.74, 6) is 3.87. The zero-order valence-electron chi connectivity index (χ0n) is 20.6. The molecule has 0 radical (unpaired) electrons. The Bertz CT molecular complexity index is 1100. The molecule has 2 aromatic carbocycles. The fourth-order valence-corrected chi connectivity index (χ4v) is 9.34. The minimum Gasteiger partial charge on any atom is -0.338 e. The highest BCUT2D eigenvalue weighted by molar-refractivity contribution is 7.99. The second-order valence-corrected chi connectivity index (χ2v) is 12.8. The van der Waals surface area contributed by atoms with Crippen molar-refractivity contribution in [3.05, 3.63) is 48.0 Å². The van der Waals surface area contributed by atoms with Gasteiger partial charge in [0, 0.05) is 55.1 Å². The van der Waals surface area contributed by atoms with Crippen molar-refractivity contribution in [2.75, 3.05) is 44.2 Å². The van der Waals surface area contributed by atoms with Gasteiger partial charge in [0.05, 0.1) is 16.9 Å². The lowest BCUT2D eigenvalue weighted by molar-refractivity contribution is -0.137. The van der Waals surface area contributed by atoms with E-state index >= 15 is 0 Å². The van der Waals surface area contributed by atoms with Gasteiger partial charge in [0.15, 0.2) is 0 Å². The first kappa shape index (κ1) is 23.4. The van der Waals surface area contributed by atoms with Gasteiger partial charge < -0.3 is 4.90 Å². The average Bonchev–Trinajstić information content (AvgIpc) is 2.86. The zero-order chi connectivity index (χ0) is 24.4. The van der Waals surface area contributed by atoms with Crippen LogP contribution < -0.4 is 4.90 Å². The smallest absolute Gasteiger partial charge is 0.338 e. The Morgan fingerprint density at radius 1 is 0.750 bits per heavy atom. The lowest BCUT2D eigenvalue weighted by Crippen LogP contribution is -2.60. The van der Waals surface area contributed by atoms with E-state index in [1.54, 1.807) is 17.8 Å². The van der Waals surface area contributed by atoms with E-state index in [1.165, 1.54) is 44.2 Å². The van der Waals surface area contributed by atoms with Crippen molar-refractivity contribution >= 4 is 23.1 Å². The average molecular weight is 514 g/mol. The number of halogens is 3. The van der Waals surface area contributed by atoms with Gasteiger partial charge in [-0.1, -0.05) is 23.9 Å². The van der Waals surface area contributed by atoms with Crippen LogP contribution >= 0.6 is 11.8 Å². The van der Waals surface area contributed by atoms with Gasteiger partial charge in [-0.15, -0.1) is 0 Å². The van der Waals surface area contributed by atoms with Gasteiger partial charge in [0.1, 0.15) is 0 Å². The number of piperazine rings is 1. The monoisotopic (exact) mass is 513 g/mol. The normalized spacial score (nSPS) is 32.0. The predicted octanol–water partition coefficient (Wildman–Crippen LogP) is 6.75. The van der Waals surface area contributed by atoms with E-state index in [1.807, 2.05) is 18.2 Å². The third kappa shape index (κ3) is 4.15. The van der Waals surface area contributed by atoms with E-state index in [2.05, 4.69) is 20.8 Å². The van der Waals surface area contributed by atoms with E-state index in [9.17, 15) is 13.2 Å². The van der Waals surface area contributed by atoms with Crippen LogP contribution in [0.2, 0.25) is 0 Å². The van der Waals surface area contributed by atoms with Gasteiger partial charge in [-0.3, -0.25) is 9.80 Å². The summed E-state index contributed by atoms with van der Waals surface area (Å²) in [6, 6.07) is 13.1.